The van der Waals surface area contributed by atoms with Crippen molar-refractivity contribution >= 4 is 41.1 Å². The van der Waals surface area contributed by atoms with Crippen LogP contribution < -0.4 is 16.0 Å². The predicted molar refractivity (Wildman–Crippen MR) is 106 cm³/mol. The molecular weight excluding hydrogens is 398 g/mol. The zero-order valence-corrected chi connectivity index (χ0v) is 16.4. The molecule has 2 aromatic rings. The number of halogens is 1. The van der Waals surface area contributed by atoms with Crippen LogP contribution in [0.1, 0.15) is 28.4 Å². The fraction of sp³-hybridized carbons (Fsp3) is 0.200. The van der Waals surface area contributed by atoms with E-state index in [1.54, 1.807) is 25.1 Å². The minimum absolute atomic E-state index is 0.202. The average Bonchev–Trinajstić information content (AvgIpc) is 2.95. The van der Waals surface area contributed by atoms with Gasteiger partial charge in [0.15, 0.2) is 6.61 Å². The summed E-state index contributed by atoms with van der Waals surface area (Å²) >= 11 is 6.01. The van der Waals surface area contributed by atoms with Crippen LogP contribution in [0, 0.1) is 6.92 Å². The van der Waals surface area contributed by atoms with Crippen LogP contribution in [-0.4, -0.2) is 30.4 Å². The second kappa shape index (κ2) is 7.92. The summed E-state index contributed by atoms with van der Waals surface area (Å²) in [4.78, 5) is 47.4. The first kappa shape index (κ1) is 20.3. The van der Waals surface area contributed by atoms with Crippen molar-refractivity contribution in [1.29, 1.82) is 0 Å². The number of esters is 1. The number of hydrogen-bond acceptors (Lipinski definition) is 5. The zero-order chi connectivity index (χ0) is 21.2. The smallest absolute Gasteiger partial charge is 0.338 e. The molecular formula is C20H18ClN3O5. The van der Waals surface area contributed by atoms with Crippen LogP contribution in [0.2, 0.25) is 5.02 Å². The van der Waals surface area contributed by atoms with Crippen molar-refractivity contribution in [3.8, 4) is 0 Å². The molecule has 150 valence electrons. The molecule has 8 nitrogen and oxygen atoms in total. The molecule has 4 amide bonds. The number of carbonyl (C=O) groups excluding carboxylic acids is 4. The Morgan fingerprint density at radius 2 is 1.83 bits per heavy atom. The Bertz CT molecular complexity index is 1010. The molecule has 1 fully saturated rings. The molecule has 3 rings (SSSR count). The van der Waals surface area contributed by atoms with Gasteiger partial charge in [-0.25, -0.2) is 9.59 Å². The number of benzene rings is 2. The molecule has 0 bridgehead atoms. The van der Waals surface area contributed by atoms with E-state index in [1.807, 2.05) is 6.92 Å². The monoisotopic (exact) mass is 415 g/mol. The Hall–Kier alpha value is -3.39. The van der Waals surface area contributed by atoms with Gasteiger partial charge in [-0.2, -0.15) is 0 Å². The Morgan fingerprint density at radius 1 is 1.14 bits per heavy atom. The van der Waals surface area contributed by atoms with Crippen molar-refractivity contribution in [1.82, 2.24) is 10.6 Å². The van der Waals surface area contributed by atoms with Crippen molar-refractivity contribution in [2.45, 2.75) is 19.4 Å². The summed E-state index contributed by atoms with van der Waals surface area (Å²) in [6.07, 6.45) is 0. The third-order valence-corrected chi connectivity index (χ3v) is 4.94. The Balaban J connectivity index is 1.58. The van der Waals surface area contributed by atoms with Crippen molar-refractivity contribution in [3.63, 3.8) is 0 Å². The van der Waals surface area contributed by atoms with Gasteiger partial charge in [-0.15, -0.1) is 0 Å². The van der Waals surface area contributed by atoms with Crippen LogP contribution >= 0.6 is 11.6 Å². The fourth-order valence-corrected chi connectivity index (χ4v) is 2.95. The maximum Gasteiger partial charge on any atom is 0.338 e. The highest BCUT2D eigenvalue weighted by atomic mass is 35.5. The van der Waals surface area contributed by atoms with E-state index >= 15 is 0 Å². The number of urea groups is 1. The third kappa shape index (κ3) is 4.38. The van der Waals surface area contributed by atoms with Crippen LogP contribution in [0.3, 0.4) is 0 Å². The molecule has 1 saturated heterocycles. The number of nitrogens with one attached hydrogen (secondary N) is 3. The SMILES string of the molecule is Cc1ccc(NC(=O)COC(=O)c2ccc([C@]3(C)NC(=O)NC3=O)cc2)cc1Cl. The van der Waals surface area contributed by atoms with Gasteiger partial charge in [-0.05, 0) is 49.2 Å². The van der Waals surface area contributed by atoms with Crippen LogP contribution in [0.15, 0.2) is 42.5 Å². The van der Waals surface area contributed by atoms with Gasteiger partial charge in [0.2, 0.25) is 0 Å². The lowest BCUT2D eigenvalue weighted by Gasteiger charge is -2.21. The average molecular weight is 416 g/mol. The van der Waals surface area contributed by atoms with Crippen LogP contribution in [0.5, 0.6) is 0 Å². The van der Waals surface area contributed by atoms with E-state index < -0.39 is 36.0 Å². The Morgan fingerprint density at radius 3 is 2.41 bits per heavy atom. The van der Waals surface area contributed by atoms with Gasteiger partial charge >= 0.3 is 12.0 Å². The third-order valence-electron chi connectivity index (χ3n) is 4.53. The van der Waals surface area contributed by atoms with Crippen molar-refractivity contribution in [2.24, 2.45) is 0 Å². The minimum Gasteiger partial charge on any atom is -0.452 e. The topological polar surface area (TPSA) is 114 Å². The lowest BCUT2D eigenvalue weighted by Crippen LogP contribution is -2.40. The molecule has 3 N–H and O–H groups in total. The predicted octanol–water partition coefficient (Wildman–Crippen LogP) is 2.50. The van der Waals surface area contributed by atoms with Crippen LogP contribution in [0.25, 0.3) is 0 Å². The molecule has 1 heterocycles. The number of ether oxygens (including phenoxy) is 1. The van der Waals surface area contributed by atoms with Crippen LogP contribution in [-0.2, 0) is 19.9 Å². The first-order valence-corrected chi connectivity index (χ1v) is 9.04. The van der Waals surface area contributed by atoms with E-state index in [0.29, 0.717) is 16.3 Å². The number of rotatable bonds is 5. The van der Waals surface area contributed by atoms with Crippen molar-refractivity contribution in [2.75, 3.05) is 11.9 Å². The van der Waals surface area contributed by atoms with Gasteiger partial charge in [0.05, 0.1) is 5.56 Å². The highest BCUT2D eigenvalue weighted by Crippen LogP contribution is 2.24. The van der Waals surface area contributed by atoms with Gasteiger partial charge in [-0.3, -0.25) is 14.9 Å². The number of imide groups is 1. The second-order valence-electron chi connectivity index (χ2n) is 6.70. The zero-order valence-electron chi connectivity index (χ0n) is 15.7. The van der Waals surface area contributed by atoms with Gasteiger partial charge < -0.3 is 15.4 Å². The Labute approximate surface area is 171 Å². The quantitative estimate of drug-likeness (QED) is 0.513. The molecule has 0 aliphatic carbocycles. The van der Waals surface area contributed by atoms with E-state index in [2.05, 4.69) is 16.0 Å². The summed E-state index contributed by atoms with van der Waals surface area (Å²) in [5, 5.41) is 7.81. The first-order valence-electron chi connectivity index (χ1n) is 8.66. The lowest BCUT2D eigenvalue weighted by molar-refractivity contribution is -0.123. The molecule has 2 aromatic carbocycles. The molecule has 0 spiro atoms. The van der Waals surface area contributed by atoms with Gasteiger partial charge in [-0.1, -0.05) is 29.8 Å². The highest BCUT2D eigenvalue weighted by molar-refractivity contribution is 6.31. The summed E-state index contributed by atoms with van der Waals surface area (Å²) in [6, 6.07) is 10.5. The van der Waals surface area contributed by atoms with Gasteiger partial charge in [0.25, 0.3) is 11.8 Å². The van der Waals surface area contributed by atoms with E-state index in [0.717, 1.165) is 5.56 Å². The molecule has 1 atom stereocenters. The second-order valence-corrected chi connectivity index (χ2v) is 7.11. The van der Waals surface area contributed by atoms with E-state index in [1.165, 1.54) is 24.3 Å². The Kier molecular flexibility index (Phi) is 5.56. The fourth-order valence-electron chi connectivity index (χ4n) is 2.77. The number of amides is 4. The van der Waals surface area contributed by atoms with Crippen molar-refractivity contribution < 1.29 is 23.9 Å². The summed E-state index contributed by atoms with van der Waals surface area (Å²) in [6.45, 7) is 2.93. The molecule has 0 radical (unpaired) electrons. The number of aryl methyl sites for hydroxylation is 1. The summed E-state index contributed by atoms with van der Waals surface area (Å²) in [5.41, 5.74) is 0.869. The molecule has 1 aliphatic heterocycles. The van der Waals surface area contributed by atoms with Gasteiger partial charge in [0.1, 0.15) is 5.54 Å². The number of carbonyl (C=O) groups is 4. The molecule has 0 aromatic heterocycles. The molecule has 29 heavy (non-hydrogen) atoms. The first-order chi connectivity index (χ1) is 13.7. The molecule has 0 unspecified atom stereocenters. The molecule has 0 saturated carbocycles. The maximum absolute atomic E-state index is 12.2. The largest absolute Gasteiger partial charge is 0.452 e. The number of hydrogen-bond donors (Lipinski definition) is 3. The standard InChI is InChI=1S/C20H18ClN3O5/c1-11-3-8-14(9-15(11)21)22-16(25)10-29-17(26)12-4-6-13(7-5-12)20(2)18(27)23-19(28)24-20/h3-9H,10H2,1-2H3,(H,22,25)(H2,23,24,27,28)/t20-/m0/s1. The van der Waals surface area contributed by atoms with Crippen LogP contribution in [0.4, 0.5) is 10.5 Å². The minimum atomic E-state index is -1.21. The molecule has 9 heteroatoms. The highest BCUT2D eigenvalue weighted by Gasteiger charge is 2.43. The van der Waals surface area contributed by atoms with Gasteiger partial charge in [0, 0.05) is 10.7 Å². The summed E-state index contributed by atoms with van der Waals surface area (Å²) < 4.78 is 5.01. The number of anilines is 1. The summed E-state index contributed by atoms with van der Waals surface area (Å²) in [7, 11) is 0. The lowest BCUT2D eigenvalue weighted by atomic mass is 9.91. The normalized spacial score (nSPS) is 18.0. The van der Waals surface area contributed by atoms with E-state index in [9.17, 15) is 19.2 Å². The van der Waals surface area contributed by atoms with E-state index in [-0.39, 0.29) is 5.56 Å². The summed E-state index contributed by atoms with van der Waals surface area (Å²) in [5.74, 6) is -1.68. The van der Waals surface area contributed by atoms with E-state index in [4.69, 9.17) is 16.3 Å². The van der Waals surface area contributed by atoms with Crippen molar-refractivity contribution in [3.05, 3.63) is 64.2 Å². The maximum atomic E-state index is 12.2. The molecule has 1 aliphatic rings.